The van der Waals surface area contributed by atoms with Gasteiger partial charge in [0, 0.05) is 13.1 Å². The first-order valence-corrected chi connectivity index (χ1v) is 8.45. The molecule has 0 aromatic heterocycles. The number of ether oxygens (including phenoxy) is 1. The minimum Gasteiger partial charge on any atom is -0.497 e. The molecule has 0 aliphatic carbocycles. The quantitative estimate of drug-likeness (QED) is 0.862. The van der Waals surface area contributed by atoms with Crippen LogP contribution in [0.25, 0.3) is 0 Å². The topological polar surface area (TPSA) is 46.6 Å². The zero-order valence-corrected chi connectivity index (χ0v) is 13.5. The van der Waals surface area contributed by atoms with E-state index >= 15 is 0 Å². The molecule has 1 aliphatic rings. The minimum absolute atomic E-state index is 0.428. The fourth-order valence-electron chi connectivity index (χ4n) is 2.93. The van der Waals surface area contributed by atoms with E-state index in [-0.39, 0.29) is 0 Å². The summed E-state index contributed by atoms with van der Waals surface area (Å²) in [5, 5.41) is 0. The van der Waals surface area contributed by atoms with Crippen molar-refractivity contribution in [3.8, 4) is 5.75 Å². The molecule has 4 nitrogen and oxygen atoms in total. The van der Waals surface area contributed by atoms with Gasteiger partial charge in [-0.15, -0.1) is 0 Å². The molecule has 1 atom stereocenters. The molecule has 1 aromatic rings. The lowest BCUT2D eigenvalue weighted by Crippen LogP contribution is -2.39. The predicted octanol–water partition coefficient (Wildman–Crippen LogP) is 2.73. The molecule has 0 radical (unpaired) electrons. The maximum atomic E-state index is 12.9. The van der Waals surface area contributed by atoms with Crippen molar-refractivity contribution in [2.24, 2.45) is 5.92 Å². The van der Waals surface area contributed by atoms with Gasteiger partial charge in [-0.2, -0.15) is 4.31 Å². The van der Waals surface area contributed by atoms with Crippen molar-refractivity contribution in [3.05, 3.63) is 23.3 Å². The van der Waals surface area contributed by atoms with E-state index < -0.39 is 10.0 Å². The number of hydrogen-bond donors (Lipinski definition) is 0. The first-order chi connectivity index (χ1) is 9.36. The van der Waals surface area contributed by atoms with Gasteiger partial charge in [-0.05, 0) is 55.9 Å². The Bertz CT molecular complexity index is 572. The van der Waals surface area contributed by atoms with Crippen LogP contribution < -0.4 is 4.74 Å². The second-order valence-corrected chi connectivity index (χ2v) is 7.58. The first-order valence-electron chi connectivity index (χ1n) is 7.01. The fraction of sp³-hybridized carbons (Fsp3) is 0.600. The van der Waals surface area contributed by atoms with Crippen molar-refractivity contribution in [2.45, 2.75) is 38.5 Å². The van der Waals surface area contributed by atoms with Gasteiger partial charge in [0.05, 0.1) is 12.0 Å². The van der Waals surface area contributed by atoms with Gasteiger partial charge in [-0.3, -0.25) is 0 Å². The highest BCUT2D eigenvalue weighted by molar-refractivity contribution is 7.89. The van der Waals surface area contributed by atoms with Crippen LogP contribution in [0.4, 0.5) is 0 Å². The Hall–Kier alpha value is -1.07. The van der Waals surface area contributed by atoms with E-state index in [9.17, 15) is 8.42 Å². The van der Waals surface area contributed by atoms with Crippen molar-refractivity contribution in [2.75, 3.05) is 20.2 Å². The molecule has 1 aromatic carbocycles. The van der Waals surface area contributed by atoms with Crippen LogP contribution in [-0.4, -0.2) is 32.9 Å². The van der Waals surface area contributed by atoms with Crippen LogP contribution in [-0.2, 0) is 10.0 Å². The molecule has 1 fully saturated rings. The SMILES string of the molecule is COc1cc(C)c(S(=O)(=O)N2CCC[C@@H](C)C2)c(C)c1. The molecule has 0 spiro atoms. The fourth-order valence-corrected chi connectivity index (χ4v) is 4.94. The molecular weight excluding hydrogens is 274 g/mol. The van der Waals surface area contributed by atoms with Crippen LogP contribution in [0.15, 0.2) is 17.0 Å². The third-order valence-electron chi connectivity index (χ3n) is 3.89. The summed E-state index contributed by atoms with van der Waals surface area (Å²) in [4.78, 5) is 0.437. The molecule has 1 aliphatic heterocycles. The van der Waals surface area contributed by atoms with Crippen molar-refractivity contribution in [3.63, 3.8) is 0 Å². The molecule has 2 rings (SSSR count). The largest absolute Gasteiger partial charge is 0.497 e. The van der Waals surface area contributed by atoms with Gasteiger partial charge in [-0.25, -0.2) is 8.42 Å². The molecule has 20 heavy (non-hydrogen) atoms. The van der Waals surface area contributed by atoms with Crippen LogP contribution >= 0.6 is 0 Å². The molecule has 0 amide bonds. The van der Waals surface area contributed by atoms with E-state index in [4.69, 9.17) is 4.74 Å². The highest BCUT2D eigenvalue weighted by atomic mass is 32.2. The average Bonchev–Trinajstić information content (AvgIpc) is 2.37. The molecule has 0 saturated carbocycles. The van der Waals surface area contributed by atoms with Crippen LogP contribution in [0, 0.1) is 19.8 Å². The number of piperidine rings is 1. The zero-order chi connectivity index (χ0) is 14.9. The number of hydrogen-bond acceptors (Lipinski definition) is 3. The number of nitrogens with zero attached hydrogens (tertiary/aromatic N) is 1. The number of rotatable bonds is 3. The summed E-state index contributed by atoms with van der Waals surface area (Å²) in [6.45, 7) is 7.01. The van der Waals surface area contributed by atoms with Gasteiger partial charge in [0.2, 0.25) is 10.0 Å². The molecule has 5 heteroatoms. The maximum Gasteiger partial charge on any atom is 0.243 e. The van der Waals surface area contributed by atoms with Gasteiger partial charge in [-0.1, -0.05) is 6.92 Å². The van der Waals surface area contributed by atoms with Crippen LogP contribution in [0.3, 0.4) is 0 Å². The lowest BCUT2D eigenvalue weighted by Gasteiger charge is -2.31. The average molecular weight is 297 g/mol. The van der Waals surface area contributed by atoms with Crippen molar-refractivity contribution in [1.29, 1.82) is 0 Å². The summed E-state index contributed by atoms with van der Waals surface area (Å²) < 4.78 is 32.5. The summed E-state index contributed by atoms with van der Waals surface area (Å²) in [6, 6.07) is 3.57. The van der Waals surface area contributed by atoms with Crippen molar-refractivity contribution in [1.82, 2.24) is 4.31 Å². The summed E-state index contributed by atoms with van der Waals surface area (Å²) in [7, 11) is -1.81. The van der Waals surface area contributed by atoms with E-state index in [2.05, 4.69) is 6.92 Å². The third kappa shape index (κ3) is 2.83. The lowest BCUT2D eigenvalue weighted by molar-refractivity contribution is 0.281. The maximum absolute atomic E-state index is 12.9. The molecule has 1 saturated heterocycles. The van der Waals surface area contributed by atoms with E-state index in [0.29, 0.717) is 29.7 Å². The lowest BCUT2D eigenvalue weighted by atomic mass is 10.0. The normalized spacial score (nSPS) is 20.9. The van der Waals surface area contributed by atoms with Crippen LogP contribution in [0.1, 0.15) is 30.9 Å². The molecular formula is C15H23NO3S. The number of aryl methyl sites for hydroxylation is 2. The standard InChI is InChI=1S/C15H23NO3S/c1-11-6-5-7-16(10-11)20(17,18)15-12(2)8-14(19-4)9-13(15)3/h8-9,11H,5-7,10H2,1-4H3/t11-/m1/s1. The summed E-state index contributed by atoms with van der Waals surface area (Å²) in [5.74, 6) is 1.13. The molecule has 0 N–H and O–H groups in total. The van der Waals surface area contributed by atoms with Gasteiger partial charge in [0.1, 0.15) is 5.75 Å². The number of benzene rings is 1. The van der Waals surface area contributed by atoms with Gasteiger partial charge in [0.25, 0.3) is 0 Å². The van der Waals surface area contributed by atoms with Crippen LogP contribution in [0.5, 0.6) is 5.75 Å². The van der Waals surface area contributed by atoms with E-state index in [1.54, 1.807) is 23.5 Å². The Kier molecular flexibility index (Phi) is 4.39. The van der Waals surface area contributed by atoms with Gasteiger partial charge < -0.3 is 4.74 Å². The smallest absolute Gasteiger partial charge is 0.243 e. The van der Waals surface area contributed by atoms with E-state index in [1.165, 1.54) is 0 Å². The Morgan fingerprint density at radius 3 is 2.35 bits per heavy atom. The Morgan fingerprint density at radius 2 is 1.85 bits per heavy atom. The number of sulfonamides is 1. The van der Waals surface area contributed by atoms with Gasteiger partial charge in [0.15, 0.2) is 0 Å². The van der Waals surface area contributed by atoms with Crippen molar-refractivity contribution >= 4 is 10.0 Å². The predicted molar refractivity (Wildman–Crippen MR) is 79.6 cm³/mol. The molecule has 112 valence electrons. The summed E-state index contributed by atoms with van der Waals surface area (Å²) in [5.41, 5.74) is 1.50. The molecule has 0 unspecified atom stereocenters. The van der Waals surface area contributed by atoms with E-state index in [1.807, 2.05) is 13.8 Å². The summed E-state index contributed by atoms with van der Waals surface area (Å²) in [6.07, 6.45) is 2.04. The monoisotopic (exact) mass is 297 g/mol. The third-order valence-corrected chi connectivity index (χ3v) is 6.06. The second kappa shape index (κ2) is 5.74. The Morgan fingerprint density at radius 1 is 1.25 bits per heavy atom. The second-order valence-electron chi connectivity index (χ2n) is 5.70. The van der Waals surface area contributed by atoms with Crippen molar-refractivity contribution < 1.29 is 13.2 Å². The molecule has 0 bridgehead atoms. The minimum atomic E-state index is -3.40. The molecule has 1 heterocycles. The summed E-state index contributed by atoms with van der Waals surface area (Å²) >= 11 is 0. The Labute approximate surface area is 121 Å². The van der Waals surface area contributed by atoms with E-state index in [0.717, 1.165) is 24.0 Å². The Balaban J connectivity index is 2.44. The highest BCUT2D eigenvalue weighted by Crippen LogP contribution is 2.30. The number of methoxy groups -OCH3 is 1. The van der Waals surface area contributed by atoms with Crippen LogP contribution in [0.2, 0.25) is 0 Å². The van der Waals surface area contributed by atoms with Gasteiger partial charge >= 0.3 is 0 Å². The highest BCUT2D eigenvalue weighted by Gasteiger charge is 2.31. The first kappa shape index (κ1) is 15.3. The zero-order valence-electron chi connectivity index (χ0n) is 12.6.